The van der Waals surface area contributed by atoms with Crippen LogP contribution in [-0.4, -0.2) is 5.16 Å². The van der Waals surface area contributed by atoms with Gasteiger partial charge in [-0.05, 0) is 35.3 Å². The zero-order chi connectivity index (χ0) is 17.2. The Balaban J connectivity index is 0.000000477. The van der Waals surface area contributed by atoms with Crippen molar-refractivity contribution in [2.75, 3.05) is 0 Å². The molecule has 0 amide bonds. The molecule has 2 heterocycles. The highest BCUT2D eigenvalue weighted by atomic mass is 32.1. The number of hydrogen-bond acceptors (Lipinski definition) is 5. The Hall–Kier alpha value is -2.66. The van der Waals surface area contributed by atoms with Gasteiger partial charge in [-0.1, -0.05) is 30.8 Å². The van der Waals surface area contributed by atoms with Crippen LogP contribution in [-0.2, 0) is 0 Å². The monoisotopic (exact) mass is 328 g/mol. The highest BCUT2D eigenvalue weighted by molar-refractivity contribution is 7.10. The van der Waals surface area contributed by atoms with Crippen molar-refractivity contribution in [3.63, 3.8) is 0 Å². The van der Waals surface area contributed by atoms with Gasteiger partial charge in [-0.15, -0.1) is 24.5 Å². The first-order valence-electron chi connectivity index (χ1n) is 6.92. The van der Waals surface area contributed by atoms with E-state index in [1.54, 1.807) is 17.5 Å². The Morgan fingerprint density at radius 2 is 2.04 bits per heavy atom. The van der Waals surface area contributed by atoms with Crippen molar-refractivity contribution < 1.29 is 4.52 Å². The van der Waals surface area contributed by atoms with Crippen molar-refractivity contribution in [2.45, 2.75) is 12.8 Å². The number of hydrogen-bond donors (Lipinski definition) is 1. The van der Waals surface area contributed by atoms with Gasteiger partial charge < -0.3 is 10.3 Å². The summed E-state index contributed by atoms with van der Waals surface area (Å²) >= 11 is 1.74. The largest absolute Gasteiger partial charge is 0.405 e. The molecule has 4 nitrogen and oxygen atoms in total. The van der Waals surface area contributed by atoms with Crippen molar-refractivity contribution in [1.82, 2.24) is 5.16 Å². The Labute approximate surface area is 139 Å². The van der Waals surface area contributed by atoms with E-state index in [2.05, 4.69) is 53.5 Å². The zero-order valence-corrected chi connectivity index (χ0v) is 13.9. The predicted molar refractivity (Wildman–Crippen MR) is 97.8 cm³/mol. The third-order valence-corrected chi connectivity index (χ3v) is 4.15. The number of fused-ring (bicyclic) bond motifs is 1. The van der Waals surface area contributed by atoms with Gasteiger partial charge in [0.05, 0.1) is 11.6 Å². The van der Waals surface area contributed by atoms with E-state index in [4.69, 9.17) is 0 Å². The zero-order valence-electron chi connectivity index (χ0n) is 13.1. The number of nitrogens with two attached hydrogens (primary N) is 1. The fourth-order valence-electron chi connectivity index (χ4n) is 2.03. The first kappa shape index (κ1) is 18.4. The molecule has 3 aromatic rings. The van der Waals surface area contributed by atoms with Gasteiger partial charge in [-0.2, -0.15) is 0 Å². The van der Waals surface area contributed by atoms with E-state index in [9.17, 15) is 4.79 Å². The molecule has 0 aliphatic rings. The van der Waals surface area contributed by atoms with Gasteiger partial charge in [0, 0.05) is 16.2 Å². The third kappa shape index (κ3) is 4.66. The smallest absolute Gasteiger partial charge is 0.366 e. The van der Waals surface area contributed by atoms with Gasteiger partial charge >= 0.3 is 5.63 Å². The fourth-order valence-corrected chi connectivity index (χ4v) is 2.84. The molecule has 2 N–H and O–H groups in total. The van der Waals surface area contributed by atoms with Crippen LogP contribution in [0.15, 0.2) is 77.2 Å². The highest BCUT2D eigenvalue weighted by Crippen LogP contribution is 2.28. The lowest BCUT2D eigenvalue weighted by Crippen LogP contribution is -2.01. The van der Waals surface area contributed by atoms with Crippen LogP contribution in [0.1, 0.15) is 23.3 Å². The molecule has 120 valence electrons. The molecule has 0 spiro atoms. The van der Waals surface area contributed by atoms with Gasteiger partial charge in [0.25, 0.3) is 0 Å². The minimum absolute atomic E-state index is 0.321. The Morgan fingerprint density at radius 1 is 1.35 bits per heavy atom. The van der Waals surface area contributed by atoms with E-state index in [1.165, 1.54) is 16.6 Å². The summed E-state index contributed by atoms with van der Waals surface area (Å²) in [5, 5.41) is 7.07. The third-order valence-electron chi connectivity index (χ3n) is 3.09. The minimum atomic E-state index is -0.386. The molecule has 0 saturated heterocycles. The number of nitrogens with zero attached hydrogens (tertiary/aromatic N) is 1. The van der Waals surface area contributed by atoms with Crippen molar-refractivity contribution in [1.29, 1.82) is 0 Å². The number of benzene rings is 1. The normalized spacial score (nSPS) is 10.7. The van der Waals surface area contributed by atoms with E-state index >= 15 is 0 Å². The first-order valence-corrected chi connectivity index (χ1v) is 7.80. The average Bonchev–Trinajstić information content (AvgIpc) is 3.11. The molecule has 5 heteroatoms. The first-order chi connectivity index (χ1) is 11.2. The molecule has 0 bridgehead atoms. The van der Waals surface area contributed by atoms with Crippen LogP contribution in [0.25, 0.3) is 10.8 Å². The van der Waals surface area contributed by atoms with E-state index in [0.717, 1.165) is 5.39 Å². The molecule has 1 atom stereocenters. The lowest BCUT2D eigenvalue weighted by molar-refractivity contribution is 0.377. The number of aromatic nitrogens is 1. The van der Waals surface area contributed by atoms with Gasteiger partial charge in [-0.3, -0.25) is 0 Å². The number of rotatable bonds is 2. The SMILES string of the molecule is C=C.C=CN.CC(c1ccc2c(=O)oncc2c1)c1cccs1. The van der Waals surface area contributed by atoms with Crippen molar-refractivity contribution in [3.05, 3.63) is 88.7 Å². The van der Waals surface area contributed by atoms with Crippen LogP contribution in [0.5, 0.6) is 0 Å². The second-order valence-corrected chi connectivity index (χ2v) is 5.41. The summed E-state index contributed by atoms with van der Waals surface area (Å²) in [5.41, 5.74) is 5.40. The van der Waals surface area contributed by atoms with Gasteiger partial charge in [0.15, 0.2) is 0 Å². The summed E-state index contributed by atoms with van der Waals surface area (Å²) in [6, 6.07) is 9.96. The van der Waals surface area contributed by atoms with Gasteiger partial charge in [0.1, 0.15) is 0 Å². The van der Waals surface area contributed by atoms with E-state index < -0.39 is 0 Å². The van der Waals surface area contributed by atoms with Gasteiger partial charge in [0.2, 0.25) is 0 Å². The molecule has 0 fully saturated rings. The molecule has 0 saturated carbocycles. The summed E-state index contributed by atoms with van der Waals surface area (Å²) in [6.07, 6.45) is 2.83. The predicted octanol–water partition coefficient (Wildman–Crippen LogP) is 4.29. The molecular weight excluding hydrogens is 308 g/mol. The second kappa shape index (κ2) is 9.38. The molecule has 23 heavy (non-hydrogen) atoms. The van der Waals surface area contributed by atoms with Crippen LogP contribution in [0.4, 0.5) is 0 Å². The fraction of sp³-hybridized carbons (Fsp3) is 0.111. The average molecular weight is 328 g/mol. The molecule has 0 radical (unpaired) electrons. The molecule has 2 aromatic heterocycles. The standard InChI is InChI=1S/C14H11NO2S.C2H5N.C2H4/c1-9(13-3-2-6-18-13)10-4-5-12-11(7-10)8-15-17-14(12)16;1-2-3;1-2/h2-9H,1H3;2H,1,3H2;1-2H2. The van der Waals surface area contributed by atoms with Crippen molar-refractivity contribution in [2.24, 2.45) is 5.73 Å². The van der Waals surface area contributed by atoms with Crippen LogP contribution in [0, 0.1) is 0 Å². The highest BCUT2D eigenvalue weighted by Gasteiger charge is 2.11. The van der Waals surface area contributed by atoms with Crippen molar-refractivity contribution in [3.8, 4) is 0 Å². The molecule has 1 aromatic carbocycles. The Morgan fingerprint density at radius 3 is 2.65 bits per heavy atom. The summed E-state index contributed by atoms with van der Waals surface area (Å²) < 4.78 is 4.61. The van der Waals surface area contributed by atoms with Crippen LogP contribution in [0.2, 0.25) is 0 Å². The second-order valence-electron chi connectivity index (χ2n) is 4.43. The molecule has 0 aliphatic heterocycles. The van der Waals surface area contributed by atoms with E-state index in [0.29, 0.717) is 11.3 Å². The molecule has 0 aliphatic carbocycles. The Bertz CT molecular complexity index is 794. The molecule has 3 rings (SSSR count). The minimum Gasteiger partial charge on any atom is -0.405 e. The Kier molecular flexibility index (Phi) is 7.50. The quantitative estimate of drug-likeness (QED) is 0.712. The molecular formula is C18H20N2O2S. The van der Waals surface area contributed by atoms with Crippen LogP contribution < -0.4 is 11.4 Å². The van der Waals surface area contributed by atoms with E-state index in [1.807, 2.05) is 24.3 Å². The van der Waals surface area contributed by atoms with Crippen LogP contribution >= 0.6 is 11.3 Å². The van der Waals surface area contributed by atoms with E-state index in [-0.39, 0.29) is 5.63 Å². The summed E-state index contributed by atoms with van der Waals surface area (Å²) in [4.78, 5) is 12.8. The summed E-state index contributed by atoms with van der Waals surface area (Å²) in [7, 11) is 0. The van der Waals surface area contributed by atoms with Gasteiger partial charge in [-0.25, -0.2) is 4.79 Å². The topological polar surface area (TPSA) is 69.1 Å². The number of thiophene rings is 1. The van der Waals surface area contributed by atoms with Crippen LogP contribution in [0.3, 0.4) is 0 Å². The summed E-state index contributed by atoms with van der Waals surface area (Å²) in [6.45, 7) is 11.3. The lowest BCUT2D eigenvalue weighted by atomic mass is 9.97. The molecule has 1 unspecified atom stereocenters. The summed E-state index contributed by atoms with van der Waals surface area (Å²) in [5.74, 6) is 0.321. The maximum absolute atomic E-state index is 11.5. The maximum Gasteiger partial charge on any atom is 0.366 e. The van der Waals surface area contributed by atoms with Crippen molar-refractivity contribution >= 4 is 22.1 Å². The maximum atomic E-state index is 11.5. The lowest BCUT2D eigenvalue weighted by Gasteiger charge is -2.10.